The number of halogens is 3. The monoisotopic (exact) mass is 433 g/mol. The van der Waals surface area contributed by atoms with E-state index in [0.717, 1.165) is 44.6 Å². The van der Waals surface area contributed by atoms with Crippen molar-refractivity contribution in [1.29, 1.82) is 0 Å². The molecule has 4 rings (SSSR count). The van der Waals surface area contributed by atoms with Crippen LogP contribution in [0.25, 0.3) is 0 Å². The Morgan fingerprint density at radius 1 is 1.16 bits per heavy atom. The lowest BCUT2D eigenvalue weighted by atomic mass is 9.66. The summed E-state index contributed by atoms with van der Waals surface area (Å²) in [5.74, 6) is -2.92. The van der Waals surface area contributed by atoms with E-state index in [4.69, 9.17) is 4.74 Å². The van der Waals surface area contributed by atoms with Crippen molar-refractivity contribution in [1.82, 2.24) is 9.97 Å². The van der Waals surface area contributed by atoms with Gasteiger partial charge >= 0.3 is 0 Å². The van der Waals surface area contributed by atoms with Crippen LogP contribution in [0.4, 0.5) is 19.0 Å². The predicted octanol–water partition coefficient (Wildman–Crippen LogP) is 5.82. The minimum absolute atomic E-state index is 0.0164. The lowest BCUT2D eigenvalue weighted by Gasteiger charge is -2.41. The fraction of sp³-hybridized carbons (Fsp3) is 0.583. The topological polar surface area (TPSA) is 38.3 Å². The molecule has 0 amide bonds. The molecule has 0 radical (unpaired) electrons. The van der Waals surface area contributed by atoms with Gasteiger partial charge in [-0.2, -0.15) is 0 Å². The van der Waals surface area contributed by atoms with Crippen molar-refractivity contribution in [2.45, 2.75) is 63.8 Å². The highest BCUT2D eigenvalue weighted by Crippen LogP contribution is 2.45. The number of alkyl halides is 2. The molecule has 2 heterocycles. The van der Waals surface area contributed by atoms with Gasteiger partial charge in [0.25, 0.3) is 5.92 Å². The van der Waals surface area contributed by atoms with Crippen molar-refractivity contribution in [3.63, 3.8) is 0 Å². The van der Waals surface area contributed by atoms with E-state index in [0.29, 0.717) is 31.1 Å². The van der Waals surface area contributed by atoms with E-state index < -0.39 is 5.92 Å². The summed E-state index contributed by atoms with van der Waals surface area (Å²) in [6.45, 7) is 2.27. The number of methoxy groups -OCH3 is 1. The number of anilines is 1. The van der Waals surface area contributed by atoms with E-state index >= 15 is 4.39 Å². The molecule has 1 aliphatic heterocycles. The first kappa shape index (κ1) is 22.1. The molecule has 2 aromatic rings. The average Bonchev–Trinajstić information content (AvgIpc) is 3.20. The molecule has 1 aromatic heterocycles. The van der Waals surface area contributed by atoms with Crippen LogP contribution in [0.15, 0.2) is 30.6 Å². The number of aromatic nitrogens is 2. The molecule has 7 heteroatoms. The molecule has 1 aromatic carbocycles. The van der Waals surface area contributed by atoms with Crippen molar-refractivity contribution in [2.75, 3.05) is 25.2 Å². The van der Waals surface area contributed by atoms with Gasteiger partial charge in [0, 0.05) is 26.1 Å². The summed E-state index contributed by atoms with van der Waals surface area (Å²) < 4.78 is 47.9. The van der Waals surface area contributed by atoms with E-state index in [-0.39, 0.29) is 22.8 Å². The van der Waals surface area contributed by atoms with Crippen molar-refractivity contribution >= 4 is 5.82 Å². The van der Waals surface area contributed by atoms with Crippen molar-refractivity contribution in [2.24, 2.45) is 5.41 Å². The number of aryl methyl sites for hydroxylation is 1. The molecular weight excluding hydrogens is 403 g/mol. The molecule has 168 valence electrons. The van der Waals surface area contributed by atoms with Gasteiger partial charge < -0.3 is 9.64 Å². The summed E-state index contributed by atoms with van der Waals surface area (Å²) in [6.07, 6.45) is 7.99. The molecule has 2 fully saturated rings. The van der Waals surface area contributed by atoms with Gasteiger partial charge in [0.05, 0.1) is 18.3 Å². The Kier molecular flexibility index (Phi) is 6.24. The second kappa shape index (κ2) is 8.77. The van der Waals surface area contributed by atoms with Crippen molar-refractivity contribution in [3.8, 4) is 0 Å². The van der Waals surface area contributed by atoms with Crippen LogP contribution in [-0.4, -0.2) is 30.2 Å². The number of ether oxygens (including phenoxy) is 1. The molecule has 1 atom stereocenters. The minimum atomic E-state index is -2.87. The summed E-state index contributed by atoms with van der Waals surface area (Å²) in [4.78, 5) is 10.4. The molecular formula is C24H30F3N3O. The third kappa shape index (κ3) is 4.56. The zero-order chi connectivity index (χ0) is 22.1. The number of nitrogens with zero attached hydrogens (tertiary/aromatic N) is 3. The molecule has 0 bridgehead atoms. The highest BCUT2D eigenvalue weighted by atomic mass is 19.3. The summed E-state index contributed by atoms with van der Waals surface area (Å²) in [5, 5.41) is 0. The van der Waals surface area contributed by atoms with Gasteiger partial charge in [-0.3, -0.25) is 0 Å². The Morgan fingerprint density at radius 3 is 2.52 bits per heavy atom. The molecule has 2 aliphatic rings. The maximum Gasteiger partial charge on any atom is 0.270 e. The van der Waals surface area contributed by atoms with Crippen LogP contribution in [-0.2, 0) is 17.1 Å². The summed E-state index contributed by atoms with van der Waals surface area (Å²) in [5.41, 5.74) is 1.47. The Labute approximate surface area is 181 Å². The highest BCUT2D eigenvalue weighted by molar-refractivity contribution is 5.46. The fourth-order valence-corrected chi connectivity index (χ4v) is 4.97. The zero-order valence-corrected chi connectivity index (χ0v) is 18.2. The largest absolute Gasteiger partial charge is 0.384 e. The molecule has 1 unspecified atom stereocenters. The lowest BCUT2D eigenvalue weighted by molar-refractivity contribution is 0.0104. The summed E-state index contributed by atoms with van der Waals surface area (Å²) in [6, 6.07) is 6.29. The van der Waals surface area contributed by atoms with E-state index in [9.17, 15) is 8.78 Å². The molecule has 1 saturated carbocycles. The molecule has 4 nitrogen and oxygen atoms in total. The molecule has 0 N–H and O–H groups in total. The summed E-state index contributed by atoms with van der Waals surface area (Å²) >= 11 is 0. The fourth-order valence-electron chi connectivity index (χ4n) is 4.97. The maximum atomic E-state index is 15.4. The number of rotatable bonds is 8. The SMILES string of the molecule is COCC1(CCc2ncnc(N3CCCC3c3ccc(C(C)(F)F)cc3)c2F)CCC1. The van der Waals surface area contributed by atoms with Gasteiger partial charge in [0.15, 0.2) is 11.6 Å². The van der Waals surface area contributed by atoms with Crippen molar-refractivity contribution in [3.05, 3.63) is 53.2 Å². The maximum absolute atomic E-state index is 15.4. The third-order valence-electron chi connectivity index (χ3n) is 6.93. The van der Waals surface area contributed by atoms with Crippen molar-refractivity contribution < 1.29 is 17.9 Å². The Morgan fingerprint density at radius 2 is 1.90 bits per heavy atom. The van der Waals surface area contributed by atoms with Gasteiger partial charge in [0.1, 0.15) is 6.33 Å². The zero-order valence-electron chi connectivity index (χ0n) is 18.2. The smallest absolute Gasteiger partial charge is 0.270 e. The van der Waals surface area contributed by atoms with Gasteiger partial charge in [0.2, 0.25) is 0 Å². The summed E-state index contributed by atoms with van der Waals surface area (Å²) in [7, 11) is 1.71. The second-order valence-corrected chi connectivity index (χ2v) is 9.11. The van der Waals surface area contributed by atoms with Gasteiger partial charge in [-0.15, -0.1) is 0 Å². The Hall–Kier alpha value is -2.15. The lowest BCUT2D eigenvalue weighted by Crippen LogP contribution is -2.34. The highest BCUT2D eigenvalue weighted by Gasteiger charge is 2.37. The van der Waals surface area contributed by atoms with E-state index in [1.807, 2.05) is 4.90 Å². The number of benzene rings is 1. The van der Waals surface area contributed by atoms with Crippen LogP contribution in [0.3, 0.4) is 0 Å². The van der Waals surface area contributed by atoms with E-state index in [2.05, 4.69) is 9.97 Å². The van der Waals surface area contributed by atoms with Crippen LogP contribution in [0, 0.1) is 11.2 Å². The van der Waals surface area contributed by atoms with Crippen LogP contribution < -0.4 is 4.90 Å². The van der Waals surface area contributed by atoms with E-state index in [1.165, 1.54) is 24.9 Å². The predicted molar refractivity (Wildman–Crippen MR) is 114 cm³/mol. The first-order chi connectivity index (χ1) is 14.8. The first-order valence-corrected chi connectivity index (χ1v) is 11.1. The standard InChI is InChI=1S/C24H30F3N3O/c1-23(26,27)18-8-6-17(7-9-18)20-5-3-14-30(20)22-21(25)19(28-16-29-22)10-13-24(15-31-2)11-4-12-24/h6-9,16,20H,3-5,10-15H2,1-2H3. The van der Waals surface area contributed by atoms with Gasteiger partial charge in [-0.1, -0.05) is 30.7 Å². The van der Waals surface area contributed by atoms with Crippen LogP contribution in [0.5, 0.6) is 0 Å². The number of hydrogen-bond acceptors (Lipinski definition) is 4. The van der Waals surface area contributed by atoms with Crippen LogP contribution >= 0.6 is 0 Å². The number of hydrogen-bond donors (Lipinski definition) is 0. The Bertz CT molecular complexity index is 894. The average molecular weight is 434 g/mol. The third-order valence-corrected chi connectivity index (χ3v) is 6.93. The molecule has 31 heavy (non-hydrogen) atoms. The van der Waals surface area contributed by atoms with Gasteiger partial charge in [-0.05, 0) is 49.5 Å². The second-order valence-electron chi connectivity index (χ2n) is 9.11. The van der Waals surface area contributed by atoms with Crippen LogP contribution in [0.1, 0.15) is 68.3 Å². The first-order valence-electron chi connectivity index (χ1n) is 11.1. The Balaban J connectivity index is 1.52. The minimum Gasteiger partial charge on any atom is -0.384 e. The quantitative estimate of drug-likeness (QED) is 0.526. The molecule has 1 saturated heterocycles. The van der Waals surface area contributed by atoms with Crippen LogP contribution in [0.2, 0.25) is 0 Å². The normalized spacial score (nSPS) is 20.7. The van der Waals surface area contributed by atoms with E-state index in [1.54, 1.807) is 19.2 Å². The molecule has 1 aliphatic carbocycles. The van der Waals surface area contributed by atoms with Gasteiger partial charge in [-0.25, -0.2) is 23.1 Å². The molecule has 0 spiro atoms.